The van der Waals surface area contributed by atoms with Gasteiger partial charge in [0.1, 0.15) is 6.04 Å². The summed E-state index contributed by atoms with van der Waals surface area (Å²) in [5.41, 5.74) is 5.31. The third-order valence-electron chi connectivity index (χ3n) is 2.33. The van der Waals surface area contributed by atoms with E-state index in [9.17, 15) is 14.4 Å². The zero-order valence-electron chi connectivity index (χ0n) is 11.1. The quantitative estimate of drug-likeness (QED) is 0.277. The van der Waals surface area contributed by atoms with Gasteiger partial charge < -0.3 is 21.7 Å². The molecule has 0 heterocycles. The van der Waals surface area contributed by atoms with E-state index in [1.54, 1.807) is 0 Å². The molecule has 0 aliphatic rings. The largest absolute Gasteiger partial charge is 0.355 e. The van der Waals surface area contributed by atoms with Gasteiger partial charge in [0.25, 0.3) is 0 Å². The van der Waals surface area contributed by atoms with E-state index in [1.165, 1.54) is 0 Å². The SMILES string of the molecule is NCCNC(=O)C(CCCNC(=O)CBr)NC(=O)CBr. The summed E-state index contributed by atoms with van der Waals surface area (Å²) in [4.78, 5) is 34.2. The van der Waals surface area contributed by atoms with E-state index in [4.69, 9.17) is 5.73 Å². The van der Waals surface area contributed by atoms with Crippen molar-refractivity contribution in [2.24, 2.45) is 5.73 Å². The van der Waals surface area contributed by atoms with Gasteiger partial charge in [-0.05, 0) is 12.8 Å². The van der Waals surface area contributed by atoms with Crippen LogP contribution >= 0.6 is 31.9 Å². The summed E-state index contributed by atoms with van der Waals surface area (Å²) in [6.07, 6.45) is 1.03. The number of hydrogen-bond donors (Lipinski definition) is 4. The predicted molar refractivity (Wildman–Crippen MR) is 83.8 cm³/mol. The first-order valence-electron chi connectivity index (χ1n) is 6.20. The predicted octanol–water partition coefficient (Wildman–Crippen LogP) is -0.768. The second-order valence-electron chi connectivity index (χ2n) is 3.96. The van der Waals surface area contributed by atoms with Crippen molar-refractivity contribution in [3.63, 3.8) is 0 Å². The van der Waals surface area contributed by atoms with Gasteiger partial charge in [-0.25, -0.2) is 0 Å². The lowest BCUT2D eigenvalue weighted by Gasteiger charge is -2.17. The Morgan fingerprint density at radius 2 is 1.65 bits per heavy atom. The third-order valence-corrected chi connectivity index (χ3v) is 3.35. The Morgan fingerprint density at radius 3 is 2.20 bits per heavy atom. The molecule has 0 aromatic rings. The van der Waals surface area contributed by atoms with E-state index in [2.05, 4.69) is 47.8 Å². The highest BCUT2D eigenvalue weighted by atomic mass is 79.9. The minimum absolute atomic E-state index is 0.112. The number of hydrogen-bond acceptors (Lipinski definition) is 4. The lowest BCUT2D eigenvalue weighted by atomic mass is 10.1. The number of alkyl halides is 2. The highest BCUT2D eigenvalue weighted by molar-refractivity contribution is 9.09. The Labute approximate surface area is 135 Å². The van der Waals surface area contributed by atoms with Gasteiger partial charge in [-0.1, -0.05) is 31.9 Å². The maximum atomic E-state index is 11.8. The Hall–Kier alpha value is -0.670. The van der Waals surface area contributed by atoms with Crippen LogP contribution in [0.5, 0.6) is 0 Å². The maximum Gasteiger partial charge on any atom is 0.242 e. The zero-order valence-corrected chi connectivity index (χ0v) is 14.3. The van der Waals surface area contributed by atoms with Gasteiger partial charge in [0.05, 0.1) is 10.7 Å². The van der Waals surface area contributed by atoms with Gasteiger partial charge in [0.2, 0.25) is 17.7 Å². The first-order chi connectivity index (χ1) is 9.54. The topological polar surface area (TPSA) is 113 Å². The normalized spacial score (nSPS) is 11.6. The van der Waals surface area contributed by atoms with Crippen LogP contribution in [0.1, 0.15) is 12.8 Å². The first-order valence-corrected chi connectivity index (χ1v) is 8.45. The van der Waals surface area contributed by atoms with E-state index < -0.39 is 6.04 Å². The summed E-state index contributed by atoms with van der Waals surface area (Å²) >= 11 is 6.07. The summed E-state index contributed by atoms with van der Waals surface area (Å²) in [7, 11) is 0. The summed E-state index contributed by atoms with van der Waals surface area (Å²) in [5.74, 6) is -0.641. The fraction of sp³-hybridized carbons (Fsp3) is 0.727. The molecular weight excluding hydrogens is 396 g/mol. The standard InChI is InChI=1S/C11H20Br2N4O3/c12-6-9(18)15-4-1-2-8(17-10(19)7-13)11(20)16-5-3-14/h8H,1-7,14H2,(H,15,18)(H,16,20)(H,17,19). The molecule has 0 bridgehead atoms. The first kappa shape index (κ1) is 19.3. The number of nitrogens with two attached hydrogens (primary N) is 1. The van der Waals surface area contributed by atoms with Crippen molar-refractivity contribution >= 4 is 49.6 Å². The minimum Gasteiger partial charge on any atom is -0.355 e. The average molecular weight is 416 g/mol. The van der Waals surface area contributed by atoms with Gasteiger partial charge in [0.15, 0.2) is 0 Å². The molecule has 0 rings (SSSR count). The Bertz CT molecular complexity index is 329. The summed E-state index contributed by atoms with van der Waals surface area (Å²) < 4.78 is 0. The number of carbonyl (C=O) groups excluding carboxylic acids is 3. The molecule has 0 aliphatic heterocycles. The zero-order chi connectivity index (χ0) is 15.4. The lowest BCUT2D eigenvalue weighted by molar-refractivity contribution is -0.128. The summed E-state index contributed by atoms with van der Waals surface area (Å²) in [6.45, 7) is 1.15. The average Bonchev–Trinajstić information content (AvgIpc) is 2.46. The van der Waals surface area contributed by atoms with Gasteiger partial charge in [-0.2, -0.15) is 0 Å². The summed E-state index contributed by atoms with van der Waals surface area (Å²) in [6, 6.07) is -0.618. The smallest absolute Gasteiger partial charge is 0.242 e. The molecule has 0 spiro atoms. The molecule has 1 atom stereocenters. The fourth-order valence-corrected chi connectivity index (χ4v) is 1.76. The highest BCUT2D eigenvalue weighted by Crippen LogP contribution is 1.98. The molecule has 116 valence electrons. The third kappa shape index (κ3) is 9.27. The van der Waals surface area contributed by atoms with E-state index in [1.807, 2.05) is 0 Å². The van der Waals surface area contributed by atoms with E-state index >= 15 is 0 Å². The fourth-order valence-electron chi connectivity index (χ4n) is 1.40. The Balaban J connectivity index is 4.20. The number of rotatable bonds is 10. The van der Waals surface area contributed by atoms with Gasteiger partial charge in [-0.15, -0.1) is 0 Å². The second-order valence-corrected chi connectivity index (χ2v) is 5.08. The molecule has 5 N–H and O–H groups in total. The van der Waals surface area contributed by atoms with Crippen LogP contribution in [0.3, 0.4) is 0 Å². The van der Waals surface area contributed by atoms with Crippen molar-refractivity contribution in [2.45, 2.75) is 18.9 Å². The molecule has 3 amide bonds. The van der Waals surface area contributed by atoms with Crippen molar-refractivity contribution in [3.8, 4) is 0 Å². The van der Waals surface area contributed by atoms with Crippen LogP contribution in [0.2, 0.25) is 0 Å². The molecule has 1 unspecified atom stereocenters. The number of amides is 3. The van der Waals surface area contributed by atoms with Crippen LogP contribution in [-0.4, -0.2) is 54.1 Å². The molecule has 0 aromatic carbocycles. The molecule has 7 nitrogen and oxygen atoms in total. The van der Waals surface area contributed by atoms with E-state index in [-0.39, 0.29) is 28.4 Å². The Morgan fingerprint density at radius 1 is 1.00 bits per heavy atom. The van der Waals surface area contributed by atoms with Crippen molar-refractivity contribution in [3.05, 3.63) is 0 Å². The lowest BCUT2D eigenvalue weighted by Crippen LogP contribution is -2.48. The summed E-state index contributed by atoms with van der Waals surface area (Å²) in [5, 5.41) is 8.31. The molecule has 9 heteroatoms. The molecule has 0 saturated heterocycles. The van der Waals surface area contributed by atoms with Gasteiger partial charge >= 0.3 is 0 Å². The monoisotopic (exact) mass is 414 g/mol. The molecule has 0 aliphatic carbocycles. The molecule has 0 aromatic heterocycles. The van der Waals surface area contributed by atoms with Crippen LogP contribution < -0.4 is 21.7 Å². The number of halogens is 2. The van der Waals surface area contributed by atoms with Crippen LogP contribution in [-0.2, 0) is 14.4 Å². The van der Waals surface area contributed by atoms with E-state index in [0.29, 0.717) is 32.5 Å². The molecule has 0 radical (unpaired) electrons. The van der Waals surface area contributed by atoms with Crippen molar-refractivity contribution < 1.29 is 14.4 Å². The molecular formula is C11H20Br2N4O3. The molecule has 0 fully saturated rings. The second kappa shape index (κ2) is 12.1. The van der Waals surface area contributed by atoms with Crippen LogP contribution in [0.25, 0.3) is 0 Å². The van der Waals surface area contributed by atoms with Crippen molar-refractivity contribution in [1.82, 2.24) is 16.0 Å². The van der Waals surface area contributed by atoms with Crippen LogP contribution in [0, 0.1) is 0 Å². The van der Waals surface area contributed by atoms with Crippen molar-refractivity contribution in [1.29, 1.82) is 0 Å². The minimum atomic E-state index is -0.618. The number of carbonyl (C=O) groups is 3. The molecule has 20 heavy (non-hydrogen) atoms. The Kier molecular flexibility index (Phi) is 11.7. The van der Waals surface area contributed by atoms with Crippen LogP contribution in [0.4, 0.5) is 0 Å². The van der Waals surface area contributed by atoms with Gasteiger partial charge in [0, 0.05) is 19.6 Å². The molecule has 0 saturated carbocycles. The highest BCUT2D eigenvalue weighted by Gasteiger charge is 2.19. The van der Waals surface area contributed by atoms with Crippen LogP contribution in [0.15, 0.2) is 0 Å². The van der Waals surface area contributed by atoms with Gasteiger partial charge in [-0.3, -0.25) is 14.4 Å². The number of nitrogens with one attached hydrogen (secondary N) is 3. The van der Waals surface area contributed by atoms with E-state index in [0.717, 1.165) is 0 Å². The maximum absolute atomic E-state index is 11.8. The van der Waals surface area contributed by atoms with Crippen molar-refractivity contribution in [2.75, 3.05) is 30.3 Å².